The van der Waals surface area contributed by atoms with Crippen LogP contribution in [0.3, 0.4) is 0 Å². The van der Waals surface area contributed by atoms with Crippen molar-refractivity contribution in [2.75, 3.05) is 12.4 Å². The summed E-state index contributed by atoms with van der Waals surface area (Å²) in [5.41, 5.74) is 1.48. The number of nitrogens with one attached hydrogen (secondary N) is 1. The molecule has 0 saturated heterocycles. The number of halogens is 1. The lowest BCUT2D eigenvalue weighted by molar-refractivity contribution is -0.146. The molecule has 0 bridgehead atoms. The van der Waals surface area contributed by atoms with E-state index >= 15 is 0 Å². The van der Waals surface area contributed by atoms with Crippen LogP contribution in [0.15, 0.2) is 80.7 Å². The number of para-hydroxylation sites is 1. The summed E-state index contributed by atoms with van der Waals surface area (Å²) < 4.78 is 13.1. The van der Waals surface area contributed by atoms with Gasteiger partial charge in [0.1, 0.15) is 11.2 Å². The number of rotatable bonds is 7. The van der Waals surface area contributed by atoms with Crippen LogP contribution < -0.4 is 16.7 Å². The molecule has 5 aromatic rings. The van der Waals surface area contributed by atoms with E-state index in [1.165, 1.54) is 11.7 Å². The van der Waals surface area contributed by atoms with Gasteiger partial charge in [-0.05, 0) is 55.8 Å². The average molecular weight is 533 g/mol. The summed E-state index contributed by atoms with van der Waals surface area (Å²) >= 11 is 6.04. The zero-order valence-electron chi connectivity index (χ0n) is 21.0. The molecule has 0 aliphatic carbocycles. The lowest BCUT2D eigenvalue weighted by Gasteiger charge is -2.22. The van der Waals surface area contributed by atoms with Crippen LogP contribution in [0, 0.1) is 5.92 Å². The normalized spacial score (nSPS) is 12.9. The molecule has 10 heteroatoms. The molecular weight excluding hydrogens is 508 g/mol. The van der Waals surface area contributed by atoms with E-state index in [2.05, 4.69) is 10.3 Å². The maximum Gasteiger partial charge on any atom is 0.355 e. The fourth-order valence-corrected chi connectivity index (χ4v) is 4.53. The van der Waals surface area contributed by atoms with Gasteiger partial charge in [0.25, 0.3) is 0 Å². The summed E-state index contributed by atoms with van der Waals surface area (Å²) in [6.07, 6.45) is 0. The third-order valence-electron chi connectivity index (χ3n) is 6.69. The quantitative estimate of drug-likeness (QED) is 0.290. The van der Waals surface area contributed by atoms with Gasteiger partial charge in [-0.2, -0.15) is 4.98 Å². The fraction of sp³-hybridized carbons (Fsp3) is 0.214. The van der Waals surface area contributed by atoms with E-state index in [9.17, 15) is 14.4 Å². The van der Waals surface area contributed by atoms with E-state index in [1.54, 1.807) is 44.2 Å². The molecule has 9 nitrogen and oxygen atoms in total. The molecule has 0 aliphatic heterocycles. The number of fused-ring (bicyclic) bond motifs is 3. The Labute approximate surface area is 222 Å². The number of benzene rings is 3. The first-order chi connectivity index (χ1) is 18.3. The molecule has 2 atom stereocenters. The topological polar surface area (TPSA) is 108 Å². The van der Waals surface area contributed by atoms with Crippen molar-refractivity contribution in [1.29, 1.82) is 0 Å². The van der Waals surface area contributed by atoms with Crippen molar-refractivity contribution in [1.82, 2.24) is 14.1 Å². The Balaban J connectivity index is 1.62. The van der Waals surface area contributed by atoms with Gasteiger partial charge in [-0.25, -0.2) is 14.2 Å². The third kappa shape index (κ3) is 4.68. The second-order valence-corrected chi connectivity index (χ2v) is 9.51. The van der Waals surface area contributed by atoms with Crippen molar-refractivity contribution in [2.45, 2.75) is 26.4 Å². The summed E-state index contributed by atoms with van der Waals surface area (Å²) in [7, 11) is 1.26. The van der Waals surface area contributed by atoms with Gasteiger partial charge in [0.05, 0.1) is 25.6 Å². The van der Waals surface area contributed by atoms with Crippen LogP contribution in [-0.2, 0) is 16.1 Å². The van der Waals surface area contributed by atoms with E-state index in [1.807, 2.05) is 36.4 Å². The van der Waals surface area contributed by atoms with Crippen LogP contribution in [0.1, 0.15) is 25.5 Å². The van der Waals surface area contributed by atoms with Crippen LogP contribution >= 0.6 is 11.6 Å². The Morgan fingerprint density at radius 1 is 1.03 bits per heavy atom. The number of furan rings is 1. The van der Waals surface area contributed by atoms with Crippen LogP contribution in [0.2, 0.25) is 5.02 Å². The van der Waals surface area contributed by atoms with Gasteiger partial charge in [0, 0.05) is 21.5 Å². The van der Waals surface area contributed by atoms with E-state index in [-0.39, 0.29) is 12.5 Å². The molecule has 0 spiro atoms. The first kappa shape index (κ1) is 25.3. The predicted octanol–water partition coefficient (Wildman–Crippen LogP) is 5.12. The second-order valence-electron chi connectivity index (χ2n) is 9.07. The molecule has 38 heavy (non-hydrogen) atoms. The summed E-state index contributed by atoms with van der Waals surface area (Å²) in [6.45, 7) is 3.33. The van der Waals surface area contributed by atoms with Crippen LogP contribution in [0.5, 0.6) is 0 Å². The zero-order chi connectivity index (χ0) is 27.0. The molecule has 0 unspecified atom stereocenters. The van der Waals surface area contributed by atoms with Crippen molar-refractivity contribution in [3.63, 3.8) is 0 Å². The largest absolute Gasteiger partial charge is 0.469 e. The Bertz CT molecular complexity index is 1770. The van der Waals surface area contributed by atoms with E-state index in [4.69, 9.17) is 20.8 Å². The first-order valence-electron chi connectivity index (χ1n) is 12.0. The monoisotopic (exact) mass is 532 g/mol. The predicted molar refractivity (Wildman–Crippen MR) is 146 cm³/mol. The van der Waals surface area contributed by atoms with E-state index < -0.39 is 29.3 Å². The number of anilines is 2. The molecule has 5 rings (SSSR count). The van der Waals surface area contributed by atoms with Crippen LogP contribution in [0.25, 0.3) is 21.9 Å². The average Bonchev–Trinajstić information content (AvgIpc) is 3.29. The first-order valence-corrected chi connectivity index (χ1v) is 12.4. The van der Waals surface area contributed by atoms with Gasteiger partial charge < -0.3 is 14.5 Å². The molecule has 1 N–H and O–H groups in total. The molecule has 0 radical (unpaired) electrons. The lowest BCUT2D eigenvalue weighted by Crippen LogP contribution is -2.46. The number of methoxy groups -OCH3 is 1. The van der Waals surface area contributed by atoms with E-state index in [0.717, 1.165) is 26.5 Å². The van der Waals surface area contributed by atoms with Crippen molar-refractivity contribution in [2.24, 2.45) is 5.92 Å². The van der Waals surface area contributed by atoms with Gasteiger partial charge in [-0.15, -0.1) is 0 Å². The lowest BCUT2D eigenvalue weighted by atomic mass is 10.0. The minimum Gasteiger partial charge on any atom is -0.469 e. The molecule has 0 aliphatic rings. The number of carbonyl (C=O) groups excluding carboxylic acids is 1. The minimum absolute atomic E-state index is 0.0660. The minimum atomic E-state index is -0.783. The van der Waals surface area contributed by atoms with Gasteiger partial charge >= 0.3 is 17.3 Å². The number of nitrogens with zero attached hydrogens (tertiary/aromatic N) is 3. The second kappa shape index (κ2) is 10.2. The van der Waals surface area contributed by atoms with Crippen molar-refractivity contribution < 1.29 is 13.9 Å². The maximum atomic E-state index is 13.7. The Morgan fingerprint density at radius 3 is 2.47 bits per heavy atom. The summed E-state index contributed by atoms with van der Waals surface area (Å²) in [5, 5.41) is 5.52. The fourth-order valence-electron chi connectivity index (χ4n) is 4.41. The summed E-state index contributed by atoms with van der Waals surface area (Å²) in [5.74, 6) is -1.21. The highest BCUT2D eigenvalue weighted by molar-refractivity contribution is 6.30. The molecule has 194 valence electrons. The standard InChI is InChI=1S/C28H25ClN4O5/c1-16(25(34)37-3)17(2)33-27(35)31-26(32(28(33)36)15-18-8-10-19(29)11-9-18)30-20-12-13-24-22(14-20)21-6-4-5-7-23(21)38-24/h4-14,16-17H,15H2,1-3H3,(H,30,31,35)/t16-,17+/m1/s1. The van der Waals surface area contributed by atoms with Gasteiger partial charge in [0.15, 0.2) is 0 Å². The molecule has 3 aromatic carbocycles. The summed E-state index contributed by atoms with van der Waals surface area (Å²) in [4.78, 5) is 43.2. The molecule has 0 amide bonds. The Morgan fingerprint density at radius 2 is 1.74 bits per heavy atom. The molecular formula is C28H25ClN4O5. The van der Waals surface area contributed by atoms with Crippen molar-refractivity contribution in [3.8, 4) is 0 Å². The highest BCUT2D eigenvalue weighted by Crippen LogP contribution is 2.31. The Kier molecular flexibility index (Phi) is 6.77. The Hall–Kier alpha value is -4.37. The van der Waals surface area contributed by atoms with Gasteiger partial charge in [-0.1, -0.05) is 41.9 Å². The van der Waals surface area contributed by atoms with Crippen LogP contribution in [0.4, 0.5) is 11.6 Å². The smallest absolute Gasteiger partial charge is 0.355 e. The van der Waals surface area contributed by atoms with Gasteiger partial charge in [-0.3, -0.25) is 9.36 Å². The van der Waals surface area contributed by atoms with Crippen molar-refractivity contribution >= 4 is 51.1 Å². The number of aromatic nitrogens is 3. The molecule has 2 aromatic heterocycles. The van der Waals surface area contributed by atoms with Gasteiger partial charge in [0.2, 0.25) is 5.95 Å². The summed E-state index contributed by atoms with van der Waals surface area (Å²) in [6, 6.07) is 19.4. The third-order valence-corrected chi connectivity index (χ3v) is 6.94. The van der Waals surface area contributed by atoms with E-state index in [0.29, 0.717) is 16.3 Å². The number of carbonyl (C=O) groups is 1. The number of esters is 1. The highest BCUT2D eigenvalue weighted by Gasteiger charge is 2.27. The van der Waals surface area contributed by atoms with Crippen molar-refractivity contribution in [3.05, 3.63) is 98.3 Å². The SMILES string of the molecule is COC(=O)[C@H](C)[C@H](C)n1c(=O)nc(Nc2ccc3oc4ccccc4c3c2)n(Cc2ccc(Cl)cc2)c1=O. The maximum absolute atomic E-state index is 13.7. The zero-order valence-corrected chi connectivity index (χ0v) is 21.7. The molecule has 0 saturated carbocycles. The number of hydrogen-bond acceptors (Lipinski definition) is 7. The molecule has 0 fully saturated rings. The molecule has 2 heterocycles. The number of ether oxygens (including phenoxy) is 1. The van der Waals surface area contributed by atoms with Crippen LogP contribution in [-0.4, -0.2) is 27.2 Å². The highest BCUT2D eigenvalue weighted by atomic mass is 35.5. The number of hydrogen-bond donors (Lipinski definition) is 1.